The Kier molecular flexibility index (Phi) is 4.43. The van der Waals surface area contributed by atoms with E-state index in [-0.39, 0.29) is 11.7 Å². The predicted octanol–water partition coefficient (Wildman–Crippen LogP) is 6.04. The van der Waals surface area contributed by atoms with Crippen LogP contribution in [0, 0.1) is 5.82 Å². The zero-order chi connectivity index (χ0) is 20.8. The summed E-state index contributed by atoms with van der Waals surface area (Å²) in [5.41, 5.74) is 4.78. The maximum absolute atomic E-state index is 14.2. The fraction of sp³-hybridized carbons (Fsp3) is 0.192. The molecule has 0 aliphatic carbocycles. The molecule has 1 aliphatic heterocycles. The molecule has 3 aromatic carbocycles. The smallest absolute Gasteiger partial charge is 0.255 e. The molecule has 1 unspecified atom stereocenters. The highest BCUT2D eigenvalue weighted by atomic mass is 19.1. The summed E-state index contributed by atoms with van der Waals surface area (Å²) in [7, 11) is 0. The van der Waals surface area contributed by atoms with Crippen molar-refractivity contribution in [2.24, 2.45) is 0 Å². The van der Waals surface area contributed by atoms with E-state index in [0.717, 1.165) is 22.2 Å². The lowest BCUT2D eigenvalue weighted by Crippen LogP contribution is -2.30. The molecule has 0 fully saturated rings. The van der Waals surface area contributed by atoms with E-state index in [9.17, 15) is 9.18 Å². The Morgan fingerprint density at radius 1 is 0.967 bits per heavy atom. The number of fused-ring (bicyclic) bond motifs is 2. The van der Waals surface area contributed by atoms with E-state index in [1.54, 1.807) is 11.0 Å². The molecule has 4 aromatic rings. The molecule has 4 heteroatoms. The predicted molar refractivity (Wildman–Crippen MR) is 118 cm³/mol. The van der Waals surface area contributed by atoms with Crippen LogP contribution in [0.2, 0.25) is 0 Å². The van der Waals surface area contributed by atoms with Crippen LogP contribution in [0.3, 0.4) is 0 Å². The second kappa shape index (κ2) is 7.13. The number of carbonyl (C=O) groups is 1. The number of amides is 1. The molecular formula is C26H23FN2O. The van der Waals surface area contributed by atoms with Gasteiger partial charge in [-0.2, -0.15) is 0 Å². The molecule has 3 nitrogen and oxygen atoms in total. The topological polar surface area (TPSA) is 25.2 Å². The van der Waals surface area contributed by atoms with E-state index in [2.05, 4.69) is 38.1 Å². The van der Waals surface area contributed by atoms with Gasteiger partial charge in [-0.1, -0.05) is 56.3 Å². The molecule has 0 N–H and O–H groups in total. The maximum atomic E-state index is 14.2. The lowest BCUT2D eigenvalue weighted by molar-refractivity contribution is -0.119. The number of anilines is 1. The van der Waals surface area contributed by atoms with Gasteiger partial charge in [0.15, 0.2) is 0 Å². The van der Waals surface area contributed by atoms with Crippen LogP contribution in [0.1, 0.15) is 42.5 Å². The zero-order valence-electron chi connectivity index (χ0n) is 17.0. The summed E-state index contributed by atoms with van der Waals surface area (Å²) in [5.74, 6) is 0.0959. The Balaban J connectivity index is 1.56. The molecule has 0 bridgehead atoms. The Bertz CT molecular complexity index is 1240. The molecule has 1 aliphatic rings. The van der Waals surface area contributed by atoms with Crippen LogP contribution < -0.4 is 4.90 Å². The molecule has 1 aromatic heterocycles. The first-order chi connectivity index (χ1) is 14.5. The Labute approximate surface area is 175 Å². The standard InChI is InChI=1S/C26H23FN2O/c1-17(2)19-9-7-18(8-10-19)16-29-24-12-11-21(27)15-22(24)25(26(29)30)28-14-13-20-5-3-4-6-23(20)28/h3-15,17,25H,16H2,1-2H3. The third-order valence-electron chi connectivity index (χ3n) is 5.97. The monoisotopic (exact) mass is 398 g/mol. The van der Waals surface area contributed by atoms with Crippen LogP contribution in [0.15, 0.2) is 79.0 Å². The van der Waals surface area contributed by atoms with Gasteiger partial charge in [0, 0.05) is 17.3 Å². The first-order valence-electron chi connectivity index (χ1n) is 10.3. The summed E-state index contributed by atoms with van der Waals surface area (Å²) in [4.78, 5) is 15.4. The van der Waals surface area contributed by atoms with Gasteiger partial charge in [-0.3, -0.25) is 4.79 Å². The number of carbonyl (C=O) groups excluding carboxylic acids is 1. The van der Waals surface area contributed by atoms with Crippen molar-refractivity contribution in [3.63, 3.8) is 0 Å². The minimum Gasteiger partial charge on any atom is -0.331 e. The van der Waals surface area contributed by atoms with Crippen LogP contribution in [0.25, 0.3) is 10.9 Å². The number of hydrogen-bond donors (Lipinski definition) is 0. The molecule has 0 saturated carbocycles. The fourth-order valence-corrected chi connectivity index (χ4v) is 4.34. The van der Waals surface area contributed by atoms with E-state index in [0.29, 0.717) is 18.0 Å². The summed E-state index contributed by atoms with van der Waals surface area (Å²) in [6.45, 7) is 4.79. The molecule has 1 amide bonds. The lowest BCUT2D eigenvalue weighted by atomic mass is 10.0. The Morgan fingerprint density at radius 3 is 2.50 bits per heavy atom. The summed E-state index contributed by atoms with van der Waals surface area (Å²) < 4.78 is 16.1. The number of para-hydroxylation sites is 1. The highest BCUT2D eigenvalue weighted by Gasteiger charge is 2.39. The highest BCUT2D eigenvalue weighted by molar-refractivity contribution is 6.05. The van der Waals surface area contributed by atoms with Crippen LogP contribution in [-0.4, -0.2) is 10.5 Å². The van der Waals surface area contributed by atoms with Crippen molar-refractivity contribution < 1.29 is 9.18 Å². The molecule has 0 radical (unpaired) electrons. The first kappa shape index (κ1) is 18.6. The average molecular weight is 398 g/mol. The molecule has 0 saturated heterocycles. The molecule has 5 rings (SSSR count). The summed E-state index contributed by atoms with van der Waals surface area (Å²) in [5, 5.41) is 1.06. The number of aromatic nitrogens is 1. The minimum atomic E-state index is -0.564. The van der Waals surface area contributed by atoms with Gasteiger partial charge in [-0.15, -0.1) is 0 Å². The normalized spacial score (nSPS) is 15.9. The van der Waals surface area contributed by atoms with E-state index in [1.807, 2.05) is 41.1 Å². The van der Waals surface area contributed by atoms with Gasteiger partial charge in [0.25, 0.3) is 5.91 Å². The Morgan fingerprint density at radius 2 is 1.73 bits per heavy atom. The van der Waals surface area contributed by atoms with Crippen molar-refractivity contribution in [2.75, 3.05) is 4.90 Å². The van der Waals surface area contributed by atoms with E-state index in [1.165, 1.54) is 17.7 Å². The van der Waals surface area contributed by atoms with Crippen molar-refractivity contribution in [3.05, 3.63) is 102 Å². The SMILES string of the molecule is CC(C)c1ccc(CN2C(=O)C(n3ccc4ccccc43)c3cc(F)ccc32)cc1. The maximum Gasteiger partial charge on any atom is 0.255 e. The van der Waals surface area contributed by atoms with Crippen molar-refractivity contribution in [1.82, 2.24) is 4.57 Å². The fourth-order valence-electron chi connectivity index (χ4n) is 4.34. The van der Waals surface area contributed by atoms with Crippen LogP contribution in [0.5, 0.6) is 0 Å². The first-order valence-corrected chi connectivity index (χ1v) is 10.3. The number of rotatable bonds is 4. The van der Waals surface area contributed by atoms with Crippen molar-refractivity contribution in [3.8, 4) is 0 Å². The van der Waals surface area contributed by atoms with Crippen LogP contribution in [-0.2, 0) is 11.3 Å². The van der Waals surface area contributed by atoms with Crippen molar-refractivity contribution in [1.29, 1.82) is 0 Å². The number of halogens is 1. The second-order valence-corrected chi connectivity index (χ2v) is 8.21. The van der Waals surface area contributed by atoms with Gasteiger partial charge in [0.05, 0.1) is 12.2 Å². The van der Waals surface area contributed by atoms with Crippen molar-refractivity contribution >= 4 is 22.5 Å². The quantitative estimate of drug-likeness (QED) is 0.411. The summed E-state index contributed by atoms with van der Waals surface area (Å²) in [6.07, 6.45) is 1.92. The Hall–Kier alpha value is -3.40. The number of benzene rings is 3. The van der Waals surface area contributed by atoms with E-state index >= 15 is 0 Å². The minimum absolute atomic E-state index is 0.0371. The molecule has 150 valence electrons. The van der Waals surface area contributed by atoms with Gasteiger partial charge < -0.3 is 9.47 Å². The van der Waals surface area contributed by atoms with Crippen LogP contribution in [0.4, 0.5) is 10.1 Å². The molecule has 0 spiro atoms. The summed E-state index contributed by atoms with van der Waals surface area (Å²) in [6, 6.07) is 22.4. The van der Waals surface area contributed by atoms with Gasteiger partial charge >= 0.3 is 0 Å². The molecule has 1 atom stereocenters. The number of nitrogens with zero attached hydrogens (tertiary/aromatic N) is 2. The van der Waals surface area contributed by atoms with E-state index < -0.39 is 6.04 Å². The molecule has 2 heterocycles. The van der Waals surface area contributed by atoms with Gasteiger partial charge in [0.1, 0.15) is 11.9 Å². The molecular weight excluding hydrogens is 375 g/mol. The van der Waals surface area contributed by atoms with Gasteiger partial charge in [-0.05, 0) is 52.8 Å². The average Bonchev–Trinajstić information content (AvgIpc) is 3.27. The van der Waals surface area contributed by atoms with Crippen LogP contribution >= 0.6 is 0 Å². The lowest BCUT2D eigenvalue weighted by Gasteiger charge is -2.19. The molecule has 30 heavy (non-hydrogen) atoms. The third kappa shape index (κ3) is 3.00. The number of hydrogen-bond acceptors (Lipinski definition) is 1. The highest BCUT2D eigenvalue weighted by Crippen LogP contribution is 2.41. The third-order valence-corrected chi connectivity index (χ3v) is 5.97. The van der Waals surface area contributed by atoms with E-state index in [4.69, 9.17) is 0 Å². The largest absolute Gasteiger partial charge is 0.331 e. The van der Waals surface area contributed by atoms with Gasteiger partial charge in [0.2, 0.25) is 0 Å². The zero-order valence-corrected chi connectivity index (χ0v) is 17.0. The summed E-state index contributed by atoms with van der Waals surface area (Å²) >= 11 is 0. The van der Waals surface area contributed by atoms with Crippen molar-refractivity contribution in [2.45, 2.75) is 32.4 Å². The van der Waals surface area contributed by atoms with Gasteiger partial charge in [-0.25, -0.2) is 4.39 Å². The second-order valence-electron chi connectivity index (χ2n) is 8.21.